The van der Waals surface area contributed by atoms with E-state index in [4.69, 9.17) is 0 Å². The molecule has 1 atom stereocenters. The molecule has 4 heteroatoms. The second-order valence-electron chi connectivity index (χ2n) is 3.67. The van der Waals surface area contributed by atoms with Crippen molar-refractivity contribution >= 4 is 0 Å². The fourth-order valence-electron chi connectivity index (χ4n) is 1.77. The van der Waals surface area contributed by atoms with E-state index >= 15 is 0 Å². The van der Waals surface area contributed by atoms with E-state index in [2.05, 4.69) is 10.3 Å². The number of hydrogen-bond acceptors (Lipinski definition) is 2. The Bertz CT molecular complexity index is 252. The third-order valence-electron chi connectivity index (χ3n) is 2.45. The number of nitrogens with one attached hydrogen (secondary N) is 1. The van der Waals surface area contributed by atoms with Crippen LogP contribution < -0.4 is 5.32 Å². The van der Waals surface area contributed by atoms with E-state index in [1.165, 1.54) is 0 Å². The molecule has 1 unspecified atom stereocenters. The summed E-state index contributed by atoms with van der Waals surface area (Å²) < 4.78 is 15.8. The number of alkyl halides is 1. The van der Waals surface area contributed by atoms with E-state index in [-0.39, 0.29) is 0 Å². The van der Waals surface area contributed by atoms with Gasteiger partial charge in [0, 0.05) is 18.9 Å². The van der Waals surface area contributed by atoms with Crippen molar-refractivity contribution in [3.63, 3.8) is 0 Å². The Morgan fingerprint density at radius 3 is 3.15 bits per heavy atom. The lowest BCUT2D eigenvalue weighted by Crippen LogP contribution is -2.44. The second kappa shape index (κ2) is 3.46. The van der Waals surface area contributed by atoms with Crippen LogP contribution >= 0.6 is 0 Å². The molecule has 1 aliphatic heterocycles. The summed E-state index contributed by atoms with van der Waals surface area (Å²) >= 11 is 0. The van der Waals surface area contributed by atoms with Gasteiger partial charge in [-0.15, -0.1) is 0 Å². The summed E-state index contributed by atoms with van der Waals surface area (Å²) in [5, 5.41) is 3.08. The van der Waals surface area contributed by atoms with Gasteiger partial charge in [-0.3, -0.25) is 0 Å². The van der Waals surface area contributed by atoms with E-state index in [9.17, 15) is 4.39 Å². The van der Waals surface area contributed by atoms with Crippen LogP contribution in [0.5, 0.6) is 0 Å². The van der Waals surface area contributed by atoms with Crippen LogP contribution in [-0.4, -0.2) is 28.3 Å². The van der Waals surface area contributed by atoms with E-state index in [0.717, 1.165) is 13.0 Å². The van der Waals surface area contributed by atoms with Crippen molar-refractivity contribution in [2.75, 3.05) is 13.1 Å². The fourth-order valence-corrected chi connectivity index (χ4v) is 1.77. The SMILES string of the molecule is FC1(Cn2ccnc2)CCCNC1. The average molecular weight is 183 g/mol. The van der Waals surface area contributed by atoms with Crippen LogP contribution in [0, 0.1) is 0 Å². The van der Waals surface area contributed by atoms with Crippen LogP contribution in [0.25, 0.3) is 0 Å². The minimum Gasteiger partial charge on any atom is -0.334 e. The molecule has 0 bridgehead atoms. The molecule has 0 saturated carbocycles. The standard InChI is InChI=1S/C9H14FN3/c10-9(2-1-3-11-6-9)7-13-5-4-12-8-13/h4-5,8,11H,1-3,6-7H2. The van der Waals surface area contributed by atoms with Crippen molar-refractivity contribution in [1.29, 1.82) is 0 Å². The molecule has 1 aromatic heterocycles. The molecule has 1 saturated heterocycles. The van der Waals surface area contributed by atoms with Crippen molar-refractivity contribution < 1.29 is 4.39 Å². The van der Waals surface area contributed by atoms with Gasteiger partial charge in [0.2, 0.25) is 0 Å². The molecule has 0 spiro atoms. The Labute approximate surface area is 77.0 Å². The Morgan fingerprint density at radius 2 is 2.54 bits per heavy atom. The highest BCUT2D eigenvalue weighted by Crippen LogP contribution is 2.22. The molecule has 13 heavy (non-hydrogen) atoms. The van der Waals surface area contributed by atoms with Gasteiger partial charge in [0.15, 0.2) is 0 Å². The minimum absolute atomic E-state index is 0.417. The van der Waals surface area contributed by atoms with Gasteiger partial charge in [0.25, 0.3) is 0 Å². The first-order valence-corrected chi connectivity index (χ1v) is 4.64. The lowest BCUT2D eigenvalue weighted by atomic mass is 9.96. The van der Waals surface area contributed by atoms with Crippen molar-refractivity contribution in [2.45, 2.75) is 25.1 Å². The zero-order valence-electron chi connectivity index (χ0n) is 7.54. The maximum Gasteiger partial charge on any atom is 0.141 e. The molecule has 1 aromatic rings. The Morgan fingerprint density at radius 1 is 1.62 bits per heavy atom. The van der Waals surface area contributed by atoms with Gasteiger partial charge in [-0.05, 0) is 19.4 Å². The predicted molar refractivity (Wildman–Crippen MR) is 48.2 cm³/mol. The van der Waals surface area contributed by atoms with Crippen molar-refractivity contribution in [2.24, 2.45) is 0 Å². The molecule has 0 amide bonds. The first-order chi connectivity index (χ1) is 6.29. The van der Waals surface area contributed by atoms with Gasteiger partial charge < -0.3 is 9.88 Å². The molecule has 2 rings (SSSR count). The molecule has 0 radical (unpaired) electrons. The monoisotopic (exact) mass is 183 g/mol. The smallest absolute Gasteiger partial charge is 0.141 e. The van der Waals surface area contributed by atoms with Crippen molar-refractivity contribution in [3.8, 4) is 0 Å². The third kappa shape index (κ3) is 2.06. The number of aromatic nitrogens is 2. The molecule has 1 aliphatic rings. The molecule has 0 aromatic carbocycles. The molecule has 0 aliphatic carbocycles. The summed E-state index contributed by atoms with van der Waals surface area (Å²) in [6, 6.07) is 0. The van der Waals surface area contributed by atoms with Gasteiger partial charge in [0.1, 0.15) is 5.67 Å². The number of hydrogen-bond donors (Lipinski definition) is 1. The van der Waals surface area contributed by atoms with E-state index in [1.807, 2.05) is 0 Å². The van der Waals surface area contributed by atoms with Gasteiger partial charge >= 0.3 is 0 Å². The maximum absolute atomic E-state index is 14.0. The highest BCUT2D eigenvalue weighted by molar-refractivity contribution is 4.88. The lowest BCUT2D eigenvalue weighted by molar-refractivity contribution is 0.100. The third-order valence-corrected chi connectivity index (χ3v) is 2.45. The number of nitrogens with zero attached hydrogens (tertiary/aromatic N) is 2. The van der Waals surface area contributed by atoms with Crippen LogP contribution in [0.4, 0.5) is 4.39 Å². The van der Waals surface area contributed by atoms with Gasteiger partial charge in [-0.1, -0.05) is 0 Å². The summed E-state index contributed by atoms with van der Waals surface area (Å²) in [7, 11) is 0. The fraction of sp³-hybridized carbons (Fsp3) is 0.667. The van der Waals surface area contributed by atoms with Crippen molar-refractivity contribution in [3.05, 3.63) is 18.7 Å². The largest absolute Gasteiger partial charge is 0.334 e. The predicted octanol–water partition coefficient (Wildman–Crippen LogP) is 0.975. The van der Waals surface area contributed by atoms with E-state index in [0.29, 0.717) is 19.5 Å². The Kier molecular flexibility index (Phi) is 2.31. The summed E-state index contributed by atoms with van der Waals surface area (Å²) in [4.78, 5) is 3.89. The molecular weight excluding hydrogens is 169 g/mol. The summed E-state index contributed by atoms with van der Waals surface area (Å²) in [6.07, 6.45) is 6.72. The number of halogens is 1. The minimum atomic E-state index is -1.08. The molecule has 1 fully saturated rings. The van der Waals surface area contributed by atoms with Crippen LogP contribution in [0.15, 0.2) is 18.7 Å². The van der Waals surface area contributed by atoms with Gasteiger partial charge in [-0.2, -0.15) is 0 Å². The summed E-state index contributed by atoms with van der Waals surface area (Å²) in [5.74, 6) is 0. The quantitative estimate of drug-likeness (QED) is 0.740. The van der Waals surface area contributed by atoms with Crippen LogP contribution in [0.3, 0.4) is 0 Å². The van der Waals surface area contributed by atoms with Gasteiger partial charge in [0.05, 0.1) is 12.9 Å². The molecule has 72 valence electrons. The normalized spacial score (nSPS) is 29.0. The number of piperidine rings is 1. The van der Waals surface area contributed by atoms with Crippen LogP contribution in [0.1, 0.15) is 12.8 Å². The zero-order chi connectivity index (χ0) is 9.15. The van der Waals surface area contributed by atoms with E-state index < -0.39 is 5.67 Å². The molecular formula is C9H14FN3. The summed E-state index contributed by atoms with van der Waals surface area (Å²) in [5.41, 5.74) is -1.08. The van der Waals surface area contributed by atoms with Crippen molar-refractivity contribution in [1.82, 2.24) is 14.9 Å². The zero-order valence-corrected chi connectivity index (χ0v) is 7.54. The average Bonchev–Trinajstić information content (AvgIpc) is 2.57. The first kappa shape index (κ1) is 8.69. The molecule has 3 nitrogen and oxygen atoms in total. The first-order valence-electron chi connectivity index (χ1n) is 4.64. The lowest BCUT2D eigenvalue weighted by Gasteiger charge is -2.30. The van der Waals surface area contributed by atoms with Gasteiger partial charge in [-0.25, -0.2) is 9.37 Å². The molecule has 1 N–H and O–H groups in total. The molecule has 2 heterocycles. The second-order valence-corrected chi connectivity index (χ2v) is 3.67. The summed E-state index contributed by atoms with van der Waals surface area (Å²) in [6.45, 7) is 1.82. The van der Waals surface area contributed by atoms with Crippen LogP contribution in [0.2, 0.25) is 0 Å². The van der Waals surface area contributed by atoms with Crippen LogP contribution in [-0.2, 0) is 6.54 Å². The number of imidazole rings is 1. The Hall–Kier alpha value is -0.900. The highest BCUT2D eigenvalue weighted by Gasteiger charge is 2.31. The highest BCUT2D eigenvalue weighted by atomic mass is 19.1. The number of rotatable bonds is 2. The topological polar surface area (TPSA) is 29.9 Å². The van der Waals surface area contributed by atoms with E-state index in [1.54, 1.807) is 23.3 Å². The Balaban J connectivity index is 1.99. The maximum atomic E-state index is 14.0.